The van der Waals surface area contributed by atoms with Gasteiger partial charge < -0.3 is 0 Å². The van der Waals surface area contributed by atoms with Gasteiger partial charge in [-0.1, -0.05) is 117 Å². The molecule has 4 rings (SSSR count). The van der Waals surface area contributed by atoms with Crippen LogP contribution in [0.4, 0.5) is 0 Å². The maximum Gasteiger partial charge on any atom is 0.0991 e. The molecule has 0 radical (unpaired) electrons. The van der Waals surface area contributed by atoms with Gasteiger partial charge >= 0.3 is 0 Å². The second-order valence-corrected chi connectivity index (χ2v) is 9.37. The van der Waals surface area contributed by atoms with E-state index in [0.717, 1.165) is 57.5 Å². The van der Waals surface area contributed by atoms with Gasteiger partial charge in [0, 0.05) is 22.3 Å². The third kappa shape index (κ3) is 7.98. The SMILES string of the molecule is C=C.C=C(C#N)c1ccc(C#C/C2=c3\cccc\c3=C(/C#Cc3ccc(C(C)CC)cc3)C/C=C\C=C/C2)cc1. The predicted octanol–water partition coefficient (Wildman–Crippen LogP) is 7.85. The highest BCUT2D eigenvalue weighted by atomic mass is 14.2. The number of benzene rings is 3. The minimum atomic E-state index is 0.453. The first kappa shape index (κ1) is 29.5. The number of allylic oxidation sites excluding steroid dienone is 5. The van der Waals surface area contributed by atoms with E-state index < -0.39 is 0 Å². The van der Waals surface area contributed by atoms with Crippen molar-refractivity contribution in [2.75, 3.05) is 0 Å². The number of fused-ring (bicyclic) bond motifs is 1. The minimum Gasteiger partial charge on any atom is -0.192 e. The molecule has 196 valence electrons. The monoisotopic (exact) mass is 517 g/mol. The summed E-state index contributed by atoms with van der Waals surface area (Å²) in [5.74, 6) is 14.2. The lowest BCUT2D eigenvalue weighted by molar-refractivity contribution is 0.733. The fourth-order valence-electron chi connectivity index (χ4n) is 4.24. The largest absolute Gasteiger partial charge is 0.192 e. The molecule has 0 aliphatic heterocycles. The molecule has 0 amide bonds. The fraction of sp³-hybridized carbons (Fsp3) is 0.154. The number of hydrogen-bond donors (Lipinski definition) is 0. The van der Waals surface area contributed by atoms with Crippen molar-refractivity contribution in [3.05, 3.63) is 150 Å². The molecule has 0 bridgehead atoms. The zero-order chi connectivity index (χ0) is 28.7. The second kappa shape index (κ2) is 15.4. The van der Waals surface area contributed by atoms with Crippen LogP contribution in [-0.4, -0.2) is 0 Å². The van der Waals surface area contributed by atoms with Gasteiger partial charge in [-0.15, -0.1) is 13.2 Å². The van der Waals surface area contributed by atoms with Crippen molar-refractivity contribution >= 4 is 16.7 Å². The van der Waals surface area contributed by atoms with Gasteiger partial charge in [0.25, 0.3) is 0 Å². The second-order valence-electron chi connectivity index (χ2n) is 9.37. The van der Waals surface area contributed by atoms with E-state index in [-0.39, 0.29) is 0 Å². The topological polar surface area (TPSA) is 23.8 Å². The Balaban J connectivity index is 0.00000216. The summed E-state index contributed by atoms with van der Waals surface area (Å²) in [6.07, 6.45) is 11.1. The highest BCUT2D eigenvalue weighted by Crippen LogP contribution is 2.18. The quantitative estimate of drug-likeness (QED) is 0.197. The average molecular weight is 518 g/mol. The maximum atomic E-state index is 9.08. The molecule has 0 saturated carbocycles. The lowest BCUT2D eigenvalue weighted by Gasteiger charge is -2.08. The van der Waals surface area contributed by atoms with Gasteiger partial charge in [0.2, 0.25) is 0 Å². The lowest BCUT2D eigenvalue weighted by atomic mass is 9.97. The molecule has 1 nitrogen and oxygen atoms in total. The van der Waals surface area contributed by atoms with Gasteiger partial charge in [0.15, 0.2) is 0 Å². The van der Waals surface area contributed by atoms with Crippen molar-refractivity contribution in [3.8, 4) is 29.8 Å². The highest BCUT2D eigenvalue weighted by Gasteiger charge is 2.03. The third-order valence-electron chi connectivity index (χ3n) is 6.78. The van der Waals surface area contributed by atoms with Crippen molar-refractivity contribution < 1.29 is 0 Å². The number of rotatable bonds is 3. The summed E-state index contributed by atoms with van der Waals surface area (Å²) in [5.41, 5.74) is 6.68. The van der Waals surface area contributed by atoms with Gasteiger partial charge in [-0.2, -0.15) is 5.26 Å². The lowest BCUT2D eigenvalue weighted by Crippen LogP contribution is -2.28. The molecule has 0 saturated heterocycles. The summed E-state index contributed by atoms with van der Waals surface area (Å²) in [6, 6.07) is 26.8. The van der Waals surface area contributed by atoms with Gasteiger partial charge in [0.05, 0.1) is 11.6 Å². The molecule has 1 aliphatic carbocycles. The van der Waals surface area contributed by atoms with Crippen molar-refractivity contribution in [2.24, 2.45) is 0 Å². The number of nitrogens with zero attached hydrogens (tertiary/aromatic N) is 1. The smallest absolute Gasteiger partial charge is 0.0991 e. The van der Waals surface area contributed by atoms with Crippen LogP contribution in [0.1, 0.15) is 61.3 Å². The Hall–Kier alpha value is -5.03. The van der Waals surface area contributed by atoms with E-state index in [1.807, 2.05) is 24.3 Å². The molecular weight excluding hydrogens is 482 g/mol. The summed E-state index contributed by atoms with van der Waals surface area (Å²) >= 11 is 0. The van der Waals surface area contributed by atoms with Crippen LogP contribution in [0.2, 0.25) is 0 Å². The highest BCUT2D eigenvalue weighted by molar-refractivity contribution is 5.75. The number of nitriles is 1. The van der Waals surface area contributed by atoms with Gasteiger partial charge in [-0.25, -0.2) is 0 Å². The van der Waals surface area contributed by atoms with Crippen LogP contribution in [0.15, 0.2) is 117 Å². The van der Waals surface area contributed by atoms with Crippen LogP contribution in [-0.2, 0) is 0 Å². The van der Waals surface area contributed by atoms with E-state index in [0.29, 0.717) is 11.5 Å². The van der Waals surface area contributed by atoms with Crippen LogP contribution in [0.3, 0.4) is 0 Å². The Labute approximate surface area is 239 Å². The molecule has 0 fully saturated rings. The molecule has 40 heavy (non-hydrogen) atoms. The van der Waals surface area contributed by atoms with E-state index in [1.165, 1.54) is 5.56 Å². The Morgan fingerprint density at radius 2 is 1.23 bits per heavy atom. The first-order chi connectivity index (χ1) is 19.6. The zero-order valence-corrected chi connectivity index (χ0v) is 23.5. The summed E-state index contributed by atoms with van der Waals surface area (Å²) in [4.78, 5) is 0. The van der Waals surface area contributed by atoms with E-state index in [2.05, 4.69) is 136 Å². The first-order valence-corrected chi connectivity index (χ1v) is 13.6. The van der Waals surface area contributed by atoms with E-state index >= 15 is 0 Å². The van der Waals surface area contributed by atoms with Gasteiger partial charge in [-0.05, 0) is 71.0 Å². The molecule has 1 unspecified atom stereocenters. The fourth-order valence-corrected chi connectivity index (χ4v) is 4.24. The van der Waals surface area contributed by atoms with Crippen molar-refractivity contribution in [1.29, 1.82) is 5.26 Å². The minimum absolute atomic E-state index is 0.453. The van der Waals surface area contributed by atoms with Crippen LogP contribution < -0.4 is 10.4 Å². The third-order valence-corrected chi connectivity index (χ3v) is 6.78. The molecule has 1 heteroatoms. The molecule has 0 spiro atoms. The molecule has 0 aromatic heterocycles. The van der Waals surface area contributed by atoms with E-state index in [9.17, 15) is 0 Å². The summed E-state index contributed by atoms with van der Waals surface area (Å²) in [7, 11) is 0. The van der Waals surface area contributed by atoms with Crippen LogP contribution in [0.25, 0.3) is 16.7 Å². The summed E-state index contributed by atoms with van der Waals surface area (Å²) < 4.78 is 0. The maximum absolute atomic E-state index is 9.08. The Morgan fingerprint density at radius 1 is 0.750 bits per heavy atom. The van der Waals surface area contributed by atoms with Crippen molar-refractivity contribution in [1.82, 2.24) is 0 Å². The molecular formula is C39H35N. The van der Waals surface area contributed by atoms with E-state index in [4.69, 9.17) is 5.26 Å². The molecule has 0 N–H and O–H groups in total. The van der Waals surface area contributed by atoms with Crippen molar-refractivity contribution in [2.45, 2.75) is 39.0 Å². The predicted molar refractivity (Wildman–Crippen MR) is 171 cm³/mol. The molecule has 3 aromatic rings. The Morgan fingerprint density at radius 3 is 1.68 bits per heavy atom. The zero-order valence-electron chi connectivity index (χ0n) is 23.5. The summed E-state index contributed by atoms with van der Waals surface area (Å²) in [6.45, 7) is 14.3. The van der Waals surface area contributed by atoms with Crippen molar-refractivity contribution in [3.63, 3.8) is 0 Å². The summed E-state index contributed by atoms with van der Waals surface area (Å²) in [5, 5.41) is 11.3. The van der Waals surface area contributed by atoms with Gasteiger partial charge in [0.1, 0.15) is 0 Å². The van der Waals surface area contributed by atoms with Gasteiger partial charge in [-0.3, -0.25) is 0 Å². The number of hydrogen-bond acceptors (Lipinski definition) is 1. The standard InChI is InChI=1S/C37H31N.C2H4/c1-4-28(2)32-21-15-30(16-22-32)19-25-34-11-7-5-6-8-12-35(37-14-10-9-13-36(34)37)26-20-31-17-23-33(24-18-31)29(3)27-38;1-2/h5-10,13-18,21-24,28H,3-4,11-12H2,1-2H3;1-2H2/b7-5-,8-6-,36-34+,37-35+;. The molecule has 1 aliphatic rings. The molecule has 0 heterocycles. The van der Waals surface area contributed by atoms with Crippen LogP contribution in [0.5, 0.6) is 0 Å². The molecule has 3 aromatic carbocycles. The Bertz CT molecular complexity index is 1680. The molecule has 1 atom stereocenters. The van der Waals surface area contributed by atoms with Crippen LogP contribution >= 0.6 is 0 Å². The average Bonchev–Trinajstić information content (AvgIpc) is 3.02. The first-order valence-electron chi connectivity index (χ1n) is 13.6. The van der Waals surface area contributed by atoms with Crippen LogP contribution in [0, 0.1) is 35.0 Å². The van der Waals surface area contributed by atoms with E-state index in [1.54, 1.807) is 0 Å². The Kier molecular flexibility index (Phi) is 11.4. The normalized spacial score (nSPS) is 16.9.